The number of rotatable bonds is 3. The molecule has 3 nitrogen and oxygen atoms in total. The summed E-state index contributed by atoms with van der Waals surface area (Å²) in [5.41, 5.74) is -0.0719. The lowest BCUT2D eigenvalue weighted by Crippen LogP contribution is -2.18. The molecule has 6 heteroatoms. The molecule has 0 aliphatic heterocycles. The maximum Gasteiger partial charge on any atom is 0.573 e. The van der Waals surface area contributed by atoms with Crippen LogP contribution in [0.1, 0.15) is 11.9 Å². The molecule has 84 valence electrons. The number of halogens is 3. The van der Waals surface area contributed by atoms with E-state index in [2.05, 4.69) is 9.47 Å². The van der Waals surface area contributed by atoms with Crippen LogP contribution in [0.4, 0.5) is 13.2 Å². The highest BCUT2D eigenvalue weighted by Crippen LogP contribution is 2.30. The van der Waals surface area contributed by atoms with E-state index in [9.17, 15) is 18.3 Å². The highest BCUT2D eigenvalue weighted by atomic mass is 19.4. The Bertz CT molecular complexity index is 325. The second-order valence-corrected chi connectivity index (χ2v) is 2.67. The van der Waals surface area contributed by atoms with E-state index in [1.807, 2.05) is 0 Å². The van der Waals surface area contributed by atoms with Crippen LogP contribution in [0.5, 0.6) is 5.75 Å². The number of alkyl halides is 3. The van der Waals surface area contributed by atoms with E-state index in [1.54, 1.807) is 0 Å². The third-order valence-electron chi connectivity index (χ3n) is 1.63. The van der Waals surface area contributed by atoms with E-state index in [1.165, 1.54) is 25.3 Å². The molecule has 1 rings (SSSR count). The van der Waals surface area contributed by atoms with Crippen LogP contribution in [0.25, 0.3) is 0 Å². The minimum absolute atomic E-state index is 0.0719. The van der Waals surface area contributed by atoms with Crippen molar-refractivity contribution in [3.8, 4) is 5.75 Å². The summed E-state index contributed by atoms with van der Waals surface area (Å²) in [6.45, 7) is 0. The lowest BCUT2D eigenvalue weighted by atomic mass is 10.2. The predicted molar refractivity (Wildman–Crippen MR) is 45.1 cm³/mol. The zero-order chi connectivity index (χ0) is 11.5. The lowest BCUT2D eigenvalue weighted by molar-refractivity contribution is -0.275. The minimum Gasteiger partial charge on any atom is -0.405 e. The Hall–Kier alpha value is -1.27. The van der Waals surface area contributed by atoms with Gasteiger partial charge < -0.3 is 14.6 Å². The van der Waals surface area contributed by atoms with Crippen molar-refractivity contribution in [2.24, 2.45) is 0 Å². The summed E-state index contributed by atoms with van der Waals surface area (Å²) in [7, 11) is 1.18. The topological polar surface area (TPSA) is 38.7 Å². The van der Waals surface area contributed by atoms with Gasteiger partial charge in [0.25, 0.3) is 0 Å². The van der Waals surface area contributed by atoms with Crippen molar-refractivity contribution in [2.75, 3.05) is 7.11 Å². The van der Waals surface area contributed by atoms with Gasteiger partial charge in [0.2, 0.25) is 0 Å². The molecule has 0 saturated heterocycles. The van der Waals surface area contributed by atoms with Gasteiger partial charge in [-0.2, -0.15) is 0 Å². The summed E-state index contributed by atoms with van der Waals surface area (Å²) in [5.74, 6) is -0.473. The second-order valence-electron chi connectivity index (χ2n) is 2.67. The molecular weight excluding hydrogens is 213 g/mol. The molecule has 0 heterocycles. The molecular formula is C9H9F3O3. The first-order valence-corrected chi connectivity index (χ1v) is 3.99. The van der Waals surface area contributed by atoms with Gasteiger partial charge in [0.1, 0.15) is 5.75 Å². The molecule has 0 fully saturated rings. The Morgan fingerprint density at radius 2 is 1.87 bits per heavy atom. The Morgan fingerprint density at radius 3 is 2.40 bits per heavy atom. The van der Waals surface area contributed by atoms with Crippen molar-refractivity contribution in [2.45, 2.75) is 12.7 Å². The maximum absolute atomic E-state index is 11.9. The average molecular weight is 222 g/mol. The van der Waals surface area contributed by atoms with Crippen LogP contribution < -0.4 is 4.74 Å². The number of para-hydroxylation sites is 1. The Balaban J connectivity index is 2.96. The molecule has 1 aromatic carbocycles. The molecule has 1 atom stereocenters. The van der Waals surface area contributed by atoms with E-state index in [-0.39, 0.29) is 5.56 Å². The van der Waals surface area contributed by atoms with E-state index in [0.29, 0.717) is 0 Å². The quantitative estimate of drug-likeness (QED) is 0.797. The molecule has 0 amide bonds. The van der Waals surface area contributed by atoms with Crippen molar-refractivity contribution in [3.63, 3.8) is 0 Å². The summed E-state index contributed by atoms with van der Waals surface area (Å²) in [6.07, 6.45) is -6.23. The van der Waals surface area contributed by atoms with E-state index < -0.39 is 18.4 Å². The first-order chi connectivity index (χ1) is 6.94. The fraction of sp³-hybridized carbons (Fsp3) is 0.333. The highest BCUT2D eigenvalue weighted by Gasteiger charge is 2.32. The smallest absolute Gasteiger partial charge is 0.405 e. The number of aliphatic hydroxyl groups excluding tert-OH is 1. The van der Waals surface area contributed by atoms with Gasteiger partial charge in [0.05, 0.1) is 0 Å². The molecule has 0 saturated carbocycles. The molecule has 1 aromatic rings. The summed E-state index contributed by atoms with van der Waals surface area (Å²) in [6, 6.07) is 5.23. The Labute approximate surface area is 84.0 Å². The van der Waals surface area contributed by atoms with Gasteiger partial charge in [-0.15, -0.1) is 13.2 Å². The van der Waals surface area contributed by atoms with Crippen LogP contribution in [0, 0.1) is 0 Å². The van der Waals surface area contributed by atoms with Gasteiger partial charge in [-0.3, -0.25) is 0 Å². The van der Waals surface area contributed by atoms with Gasteiger partial charge in [-0.05, 0) is 6.07 Å². The number of aliphatic hydroxyl groups is 1. The molecule has 0 spiro atoms. The monoisotopic (exact) mass is 222 g/mol. The lowest BCUT2D eigenvalue weighted by Gasteiger charge is -2.15. The molecule has 1 unspecified atom stereocenters. The van der Waals surface area contributed by atoms with E-state index in [4.69, 9.17) is 0 Å². The first kappa shape index (κ1) is 11.8. The van der Waals surface area contributed by atoms with Crippen molar-refractivity contribution in [1.82, 2.24) is 0 Å². The number of methoxy groups -OCH3 is 1. The first-order valence-electron chi connectivity index (χ1n) is 3.99. The molecule has 0 aliphatic carbocycles. The fourth-order valence-corrected chi connectivity index (χ4v) is 1.03. The zero-order valence-corrected chi connectivity index (χ0v) is 7.78. The zero-order valence-electron chi connectivity index (χ0n) is 7.78. The maximum atomic E-state index is 11.9. The molecule has 0 aromatic heterocycles. The number of hydrogen-bond donors (Lipinski definition) is 1. The Kier molecular flexibility index (Phi) is 3.54. The van der Waals surface area contributed by atoms with Crippen molar-refractivity contribution in [3.05, 3.63) is 29.8 Å². The summed E-state index contributed by atoms with van der Waals surface area (Å²) in [5, 5.41) is 9.24. The fourth-order valence-electron chi connectivity index (χ4n) is 1.03. The molecule has 0 aliphatic rings. The molecule has 0 bridgehead atoms. The SMILES string of the molecule is COC(O)c1ccccc1OC(F)(F)F. The highest BCUT2D eigenvalue weighted by molar-refractivity contribution is 5.34. The van der Waals surface area contributed by atoms with Crippen molar-refractivity contribution >= 4 is 0 Å². The van der Waals surface area contributed by atoms with Gasteiger partial charge in [0.15, 0.2) is 6.29 Å². The largest absolute Gasteiger partial charge is 0.573 e. The number of hydrogen-bond acceptors (Lipinski definition) is 3. The number of benzene rings is 1. The van der Waals surface area contributed by atoms with Crippen LogP contribution in [-0.4, -0.2) is 18.6 Å². The van der Waals surface area contributed by atoms with Crippen molar-refractivity contribution < 1.29 is 27.8 Å². The second kappa shape index (κ2) is 4.50. The van der Waals surface area contributed by atoms with Crippen molar-refractivity contribution in [1.29, 1.82) is 0 Å². The molecule has 0 radical (unpaired) electrons. The number of ether oxygens (including phenoxy) is 2. The molecule has 1 N–H and O–H groups in total. The van der Waals surface area contributed by atoms with E-state index in [0.717, 1.165) is 6.07 Å². The van der Waals surface area contributed by atoms with Gasteiger partial charge in [0, 0.05) is 12.7 Å². The predicted octanol–water partition coefficient (Wildman–Crippen LogP) is 2.22. The standard InChI is InChI=1S/C9H9F3O3/c1-14-8(13)6-4-2-3-5-7(6)15-9(10,11)12/h2-5,8,13H,1H3. The summed E-state index contributed by atoms with van der Waals surface area (Å²) >= 11 is 0. The van der Waals surface area contributed by atoms with Crippen LogP contribution in [0.15, 0.2) is 24.3 Å². The van der Waals surface area contributed by atoms with Gasteiger partial charge >= 0.3 is 6.36 Å². The molecule has 15 heavy (non-hydrogen) atoms. The van der Waals surface area contributed by atoms with Gasteiger partial charge in [-0.25, -0.2) is 0 Å². The average Bonchev–Trinajstić information content (AvgIpc) is 2.15. The van der Waals surface area contributed by atoms with Crippen LogP contribution in [0.2, 0.25) is 0 Å². The third-order valence-corrected chi connectivity index (χ3v) is 1.63. The third kappa shape index (κ3) is 3.41. The summed E-state index contributed by atoms with van der Waals surface area (Å²) < 4.78 is 44.0. The van der Waals surface area contributed by atoms with E-state index >= 15 is 0 Å². The Morgan fingerprint density at radius 1 is 1.27 bits per heavy atom. The van der Waals surface area contributed by atoms with Gasteiger partial charge in [-0.1, -0.05) is 18.2 Å². The van der Waals surface area contributed by atoms with Crippen LogP contribution in [0.3, 0.4) is 0 Å². The van der Waals surface area contributed by atoms with Crippen LogP contribution >= 0.6 is 0 Å². The normalized spacial score (nSPS) is 13.7. The van der Waals surface area contributed by atoms with Crippen LogP contribution in [-0.2, 0) is 4.74 Å². The minimum atomic E-state index is -4.79. The summed E-state index contributed by atoms with van der Waals surface area (Å²) in [4.78, 5) is 0.